The van der Waals surface area contributed by atoms with Crippen LogP contribution in [-0.2, 0) is 14.8 Å². The van der Waals surface area contributed by atoms with Gasteiger partial charge in [-0.15, -0.1) is 0 Å². The van der Waals surface area contributed by atoms with Crippen molar-refractivity contribution in [3.8, 4) is 0 Å². The molecule has 3 aromatic carbocycles. The standard InChI is InChI=1S/C23H18N2O6S/c1-14-3-10-18(11-4-14)32(29,30)24-16-7-12-19-20(13-16)22(27)25(21(19)26)17-8-5-15(6-9-17)23(28)31-2/h3-13,24H,1-2H3. The topological polar surface area (TPSA) is 110 Å². The molecule has 3 aromatic rings. The quantitative estimate of drug-likeness (QED) is 0.471. The van der Waals surface area contributed by atoms with E-state index in [1.54, 1.807) is 12.1 Å². The maximum Gasteiger partial charge on any atom is 0.337 e. The second-order valence-electron chi connectivity index (χ2n) is 7.16. The molecule has 0 unspecified atom stereocenters. The number of esters is 1. The number of rotatable bonds is 5. The van der Waals surface area contributed by atoms with Gasteiger partial charge in [-0.25, -0.2) is 18.1 Å². The van der Waals surface area contributed by atoms with Crippen molar-refractivity contribution in [2.45, 2.75) is 11.8 Å². The maximum atomic E-state index is 12.9. The van der Waals surface area contributed by atoms with Crippen LogP contribution in [0, 0.1) is 6.92 Å². The lowest BCUT2D eigenvalue weighted by atomic mass is 10.1. The van der Waals surface area contributed by atoms with Crippen molar-refractivity contribution in [3.05, 3.63) is 89.0 Å². The minimum absolute atomic E-state index is 0.0798. The van der Waals surface area contributed by atoms with Crippen molar-refractivity contribution in [1.82, 2.24) is 0 Å². The van der Waals surface area contributed by atoms with Gasteiger partial charge in [-0.3, -0.25) is 14.3 Å². The predicted molar refractivity (Wildman–Crippen MR) is 117 cm³/mol. The van der Waals surface area contributed by atoms with Crippen molar-refractivity contribution >= 4 is 39.2 Å². The van der Waals surface area contributed by atoms with Crippen molar-refractivity contribution < 1.29 is 27.5 Å². The lowest BCUT2D eigenvalue weighted by molar-refractivity contribution is 0.0600. The van der Waals surface area contributed by atoms with Gasteiger partial charge in [0, 0.05) is 5.69 Å². The number of sulfonamides is 1. The van der Waals surface area contributed by atoms with Crippen LogP contribution in [0.1, 0.15) is 36.6 Å². The third-order valence-electron chi connectivity index (χ3n) is 5.02. The average Bonchev–Trinajstić information content (AvgIpc) is 3.03. The summed E-state index contributed by atoms with van der Waals surface area (Å²) in [6.07, 6.45) is 0. The van der Waals surface area contributed by atoms with E-state index >= 15 is 0 Å². The van der Waals surface area contributed by atoms with Crippen LogP contribution in [0.2, 0.25) is 0 Å². The molecule has 162 valence electrons. The predicted octanol–water partition coefficient (Wildman–Crippen LogP) is 3.38. The molecule has 1 aliphatic heterocycles. The molecular formula is C23H18N2O6S. The summed E-state index contributed by atoms with van der Waals surface area (Å²) in [4.78, 5) is 38.4. The molecule has 0 aliphatic carbocycles. The number of anilines is 2. The highest BCUT2D eigenvalue weighted by atomic mass is 32.2. The third kappa shape index (κ3) is 3.74. The van der Waals surface area contributed by atoms with Gasteiger partial charge in [0.25, 0.3) is 21.8 Å². The summed E-state index contributed by atoms with van der Waals surface area (Å²) in [6.45, 7) is 1.85. The van der Waals surface area contributed by atoms with E-state index in [0.29, 0.717) is 0 Å². The molecule has 0 saturated carbocycles. The summed E-state index contributed by atoms with van der Waals surface area (Å²) < 4.78 is 32.4. The number of hydrogen-bond acceptors (Lipinski definition) is 6. The minimum Gasteiger partial charge on any atom is -0.465 e. The highest BCUT2D eigenvalue weighted by Gasteiger charge is 2.37. The van der Waals surface area contributed by atoms with E-state index in [1.807, 2.05) is 6.92 Å². The fourth-order valence-electron chi connectivity index (χ4n) is 3.33. The fourth-order valence-corrected chi connectivity index (χ4v) is 4.38. The van der Waals surface area contributed by atoms with Crippen molar-refractivity contribution in [2.24, 2.45) is 0 Å². The molecule has 0 radical (unpaired) electrons. The van der Waals surface area contributed by atoms with E-state index in [1.165, 1.54) is 61.7 Å². The van der Waals surface area contributed by atoms with Crippen LogP contribution in [0.25, 0.3) is 0 Å². The number of hydrogen-bond donors (Lipinski definition) is 1. The Morgan fingerprint density at radius 3 is 2.12 bits per heavy atom. The summed E-state index contributed by atoms with van der Waals surface area (Å²) in [6, 6.07) is 16.3. The molecule has 0 saturated heterocycles. The zero-order valence-corrected chi connectivity index (χ0v) is 18.0. The number of imide groups is 1. The molecule has 0 bridgehead atoms. The van der Waals surface area contributed by atoms with Gasteiger partial charge in [-0.2, -0.15) is 0 Å². The molecule has 1 aliphatic rings. The van der Waals surface area contributed by atoms with E-state index in [-0.39, 0.29) is 33.0 Å². The second-order valence-corrected chi connectivity index (χ2v) is 8.85. The Bertz CT molecular complexity index is 1350. The molecule has 9 heteroatoms. The van der Waals surface area contributed by atoms with Gasteiger partial charge in [0.05, 0.1) is 34.4 Å². The molecule has 8 nitrogen and oxygen atoms in total. The van der Waals surface area contributed by atoms with Crippen molar-refractivity contribution in [3.63, 3.8) is 0 Å². The number of aryl methyl sites for hydroxylation is 1. The first-order chi connectivity index (χ1) is 15.2. The molecule has 0 aromatic heterocycles. The molecule has 2 amide bonds. The number of methoxy groups -OCH3 is 1. The van der Waals surface area contributed by atoms with Crippen LogP contribution < -0.4 is 9.62 Å². The highest BCUT2D eigenvalue weighted by Crippen LogP contribution is 2.31. The van der Waals surface area contributed by atoms with Gasteiger partial charge >= 0.3 is 5.97 Å². The number of amides is 2. The number of ether oxygens (including phenoxy) is 1. The van der Waals surface area contributed by atoms with Gasteiger partial charge in [0.1, 0.15) is 0 Å². The molecule has 0 atom stereocenters. The fraction of sp³-hybridized carbons (Fsp3) is 0.0870. The number of carbonyl (C=O) groups excluding carboxylic acids is 3. The zero-order valence-electron chi connectivity index (χ0n) is 17.2. The van der Waals surface area contributed by atoms with Crippen LogP contribution >= 0.6 is 0 Å². The Kier molecular flexibility index (Phi) is 5.27. The van der Waals surface area contributed by atoms with Gasteiger partial charge < -0.3 is 4.74 Å². The molecular weight excluding hydrogens is 432 g/mol. The molecule has 0 spiro atoms. The van der Waals surface area contributed by atoms with Gasteiger partial charge in [0.15, 0.2) is 0 Å². The normalized spacial score (nSPS) is 13.1. The van der Waals surface area contributed by atoms with E-state index in [2.05, 4.69) is 9.46 Å². The average molecular weight is 450 g/mol. The van der Waals surface area contributed by atoms with Gasteiger partial charge in [-0.1, -0.05) is 17.7 Å². The monoisotopic (exact) mass is 450 g/mol. The summed E-state index contributed by atoms with van der Waals surface area (Å²) in [5.74, 6) is -1.67. The summed E-state index contributed by atoms with van der Waals surface area (Å²) >= 11 is 0. The lowest BCUT2D eigenvalue weighted by Crippen LogP contribution is -2.29. The largest absolute Gasteiger partial charge is 0.465 e. The molecule has 0 fully saturated rings. The summed E-state index contributed by atoms with van der Waals surface area (Å²) in [7, 11) is -2.61. The minimum atomic E-state index is -3.86. The number of carbonyl (C=O) groups is 3. The smallest absolute Gasteiger partial charge is 0.337 e. The summed E-state index contributed by atoms with van der Waals surface area (Å²) in [5, 5.41) is 0. The SMILES string of the molecule is COC(=O)c1ccc(N2C(=O)c3ccc(NS(=O)(=O)c4ccc(C)cc4)cc3C2=O)cc1. The second kappa shape index (κ2) is 7.93. The van der Waals surface area contributed by atoms with Crippen molar-refractivity contribution in [1.29, 1.82) is 0 Å². The Morgan fingerprint density at radius 1 is 0.875 bits per heavy atom. The van der Waals surface area contributed by atoms with Crippen LogP contribution in [-0.4, -0.2) is 33.3 Å². The first-order valence-electron chi connectivity index (χ1n) is 9.52. The first kappa shape index (κ1) is 21.3. The Morgan fingerprint density at radius 2 is 1.50 bits per heavy atom. The van der Waals surface area contributed by atoms with Gasteiger partial charge in [0.2, 0.25) is 0 Å². The number of nitrogens with zero attached hydrogens (tertiary/aromatic N) is 1. The van der Waals surface area contributed by atoms with Gasteiger partial charge in [-0.05, 0) is 61.5 Å². The molecule has 1 N–H and O–H groups in total. The number of fused-ring (bicyclic) bond motifs is 1. The molecule has 4 rings (SSSR count). The Labute approximate surface area is 184 Å². The van der Waals surface area contributed by atoms with Crippen LogP contribution in [0.3, 0.4) is 0 Å². The van der Waals surface area contributed by atoms with Crippen LogP contribution in [0.4, 0.5) is 11.4 Å². The van der Waals surface area contributed by atoms with Crippen molar-refractivity contribution in [2.75, 3.05) is 16.7 Å². The molecule has 32 heavy (non-hydrogen) atoms. The highest BCUT2D eigenvalue weighted by molar-refractivity contribution is 7.92. The van der Waals surface area contributed by atoms with Crippen LogP contribution in [0.5, 0.6) is 0 Å². The lowest BCUT2D eigenvalue weighted by Gasteiger charge is -2.14. The number of nitrogens with one attached hydrogen (secondary N) is 1. The van der Waals surface area contributed by atoms with E-state index in [4.69, 9.17) is 0 Å². The van der Waals surface area contributed by atoms with E-state index < -0.39 is 27.8 Å². The zero-order chi connectivity index (χ0) is 23.0. The van der Waals surface area contributed by atoms with E-state index in [9.17, 15) is 22.8 Å². The Hall–Kier alpha value is -3.98. The number of benzene rings is 3. The molecule has 1 heterocycles. The van der Waals surface area contributed by atoms with Crippen LogP contribution in [0.15, 0.2) is 71.6 Å². The third-order valence-corrected chi connectivity index (χ3v) is 6.41. The van der Waals surface area contributed by atoms with E-state index in [0.717, 1.165) is 10.5 Å². The summed E-state index contributed by atoms with van der Waals surface area (Å²) in [5.41, 5.74) is 1.88. The maximum absolute atomic E-state index is 12.9. The Balaban J connectivity index is 1.62. The first-order valence-corrected chi connectivity index (χ1v) is 11.0.